The third-order valence-corrected chi connectivity index (χ3v) is 3.68. The van der Waals surface area contributed by atoms with Gasteiger partial charge in [-0.2, -0.15) is 0 Å². The molecule has 2 heterocycles. The average molecular weight is 251 g/mol. The Kier molecular flexibility index (Phi) is 4.55. The van der Waals surface area contributed by atoms with Gasteiger partial charge in [-0.15, -0.1) is 0 Å². The van der Waals surface area contributed by atoms with Crippen LogP contribution in [0.5, 0.6) is 0 Å². The number of ether oxygens (including phenoxy) is 1. The predicted molar refractivity (Wildman–Crippen MR) is 68.2 cm³/mol. The first kappa shape index (κ1) is 13.3. The summed E-state index contributed by atoms with van der Waals surface area (Å²) >= 11 is 0. The Labute approximate surface area is 108 Å². The van der Waals surface area contributed by atoms with Crippen LogP contribution < -0.4 is 0 Å². The Morgan fingerprint density at radius 1 is 1.44 bits per heavy atom. The summed E-state index contributed by atoms with van der Waals surface area (Å²) in [6.07, 6.45) is 4.46. The van der Waals surface area contributed by atoms with Crippen LogP contribution in [0.1, 0.15) is 25.5 Å². The Morgan fingerprint density at radius 2 is 2.22 bits per heavy atom. The van der Waals surface area contributed by atoms with Gasteiger partial charge >= 0.3 is 0 Å². The minimum absolute atomic E-state index is 0.235. The van der Waals surface area contributed by atoms with Gasteiger partial charge in [-0.25, -0.2) is 0 Å². The van der Waals surface area contributed by atoms with Gasteiger partial charge in [0, 0.05) is 25.2 Å². The fourth-order valence-electron chi connectivity index (χ4n) is 2.44. The van der Waals surface area contributed by atoms with Gasteiger partial charge in [0.2, 0.25) is 0 Å². The third kappa shape index (κ3) is 3.21. The van der Waals surface area contributed by atoms with E-state index in [0.29, 0.717) is 13.2 Å². The van der Waals surface area contributed by atoms with Gasteiger partial charge in [0.05, 0.1) is 12.8 Å². The lowest BCUT2D eigenvalue weighted by molar-refractivity contribution is -0.123. The van der Waals surface area contributed by atoms with Crippen molar-refractivity contribution in [2.75, 3.05) is 26.3 Å². The zero-order chi connectivity index (χ0) is 12.8. The molecule has 0 aromatic carbocycles. The van der Waals surface area contributed by atoms with E-state index in [1.807, 2.05) is 12.1 Å². The maximum Gasteiger partial charge on any atom is 0.127 e. The number of carbonyl (C=O) groups is 1. The van der Waals surface area contributed by atoms with E-state index in [9.17, 15) is 4.79 Å². The van der Waals surface area contributed by atoms with Crippen LogP contribution in [0.15, 0.2) is 22.8 Å². The highest BCUT2D eigenvalue weighted by molar-refractivity contribution is 5.60. The molecule has 0 N–H and O–H groups in total. The van der Waals surface area contributed by atoms with Crippen molar-refractivity contribution >= 4 is 6.29 Å². The van der Waals surface area contributed by atoms with E-state index in [2.05, 4.69) is 11.8 Å². The van der Waals surface area contributed by atoms with E-state index in [1.54, 1.807) is 6.26 Å². The van der Waals surface area contributed by atoms with Crippen molar-refractivity contribution in [3.63, 3.8) is 0 Å². The Bertz CT molecular complexity index is 355. The molecule has 18 heavy (non-hydrogen) atoms. The first-order valence-corrected chi connectivity index (χ1v) is 6.57. The van der Waals surface area contributed by atoms with Crippen LogP contribution in [0.2, 0.25) is 0 Å². The average Bonchev–Trinajstić information content (AvgIpc) is 2.92. The zero-order valence-electron chi connectivity index (χ0n) is 10.9. The van der Waals surface area contributed by atoms with Crippen LogP contribution >= 0.6 is 0 Å². The maximum atomic E-state index is 11.4. The van der Waals surface area contributed by atoms with Crippen LogP contribution in [-0.2, 0) is 16.1 Å². The van der Waals surface area contributed by atoms with Crippen molar-refractivity contribution in [3.8, 4) is 0 Å². The third-order valence-electron chi connectivity index (χ3n) is 3.68. The number of furan rings is 1. The van der Waals surface area contributed by atoms with E-state index >= 15 is 0 Å². The molecule has 100 valence electrons. The number of hydrogen-bond acceptors (Lipinski definition) is 4. The van der Waals surface area contributed by atoms with Gasteiger partial charge in [-0.3, -0.25) is 4.90 Å². The standard InChI is InChI=1S/C14H21NO3/c1-2-15(10-13-4-3-7-18-13)11-14(12-16)5-8-17-9-6-14/h3-4,7,12H,2,5-6,8-11H2,1H3. The Balaban J connectivity index is 1.97. The lowest BCUT2D eigenvalue weighted by atomic mass is 9.81. The second-order valence-electron chi connectivity index (χ2n) is 4.98. The van der Waals surface area contributed by atoms with Gasteiger partial charge in [0.15, 0.2) is 0 Å². The second-order valence-corrected chi connectivity index (χ2v) is 4.98. The minimum atomic E-state index is -0.235. The highest BCUT2D eigenvalue weighted by Gasteiger charge is 2.34. The lowest BCUT2D eigenvalue weighted by Gasteiger charge is -2.36. The number of carbonyl (C=O) groups excluding carboxylic acids is 1. The summed E-state index contributed by atoms with van der Waals surface area (Å²) in [5.41, 5.74) is -0.235. The Morgan fingerprint density at radius 3 is 2.78 bits per heavy atom. The summed E-state index contributed by atoms with van der Waals surface area (Å²) in [4.78, 5) is 13.7. The summed E-state index contributed by atoms with van der Waals surface area (Å²) in [5.74, 6) is 0.949. The number of nitrogens with zero attached hydrogens (tertiary/aromatic N) is 1. The van der Waals surface area contributed by atoms with Crippen molar-refractivity contribution in [1.82, 2.24) is 4.90 Å². The molecule has 1 aliphatic heterocycles. The van der Waals surface area contributed by atoms with Gasteiger partial charge in [-0.1, -0.05) is 6.92 Å². The molecule has 1 aromatic rings. The van der Waals surface area contributed by atoms with E-state index < -0.39 is 0 Å². The molecule has 0 spiro atoms. The fourth-order valence-corrected chi connectivity index (χ4v) is 2.44. The minimum Gasteiger partial charge on any atom is -0.468 e. The molecule has 4 nitrogen and oxygen atoms in total. The van der Waals surface area contributed by atoms with Crippen molar-refractivity contribution < 1.29 is 13.9 Å². The van der Waals surface area contributed by atoms with Crippen molar-refractivity contribution in [2.45, 2.75) is 26.3 Å². The van der Waals surface area contributed by atoms with Gasteiger partial charge in [-0.05, 0) is 31.5 Å². The highest BCUT2D eigenvalue weighted by atomic mass is 16.5. The van der Waals surface area contributed by atoms with Gasteiger partial charge in [0.25, 0.3) is 0 Å². The molecule has 2 rings (SSSR count). The summed E-state index contributed by atoms with van der Waals surface area (Å²) in [7, 11) is 0. The first-order chi connectivity index (χ1) is 8.78. The Hall–Kier alpha value is -1.13. The topological polar surface area (TPSA) is 42.7 Å². The monoisotopic (exact) mass is 251 g/mol. The fraction of sp³-hybridized carbons (Fsp3) is 0.643. The number of aldehydes is 1. The zero-order valence-corrected chi connectivity index (χ0v) is 10.9. The summed E-state index contributed by atoms with van der Waals surface area (Å²) < 4.78 is 10.7. The van der Waals surface area contributed by atoms with E-state index in [-0.39, 0.29) is 5.41 Å². The molecule has 0 bridgehead atoms. The van der Waals surface area contributed by atoms with Crippen LogP contribution in [0.25, 0.3) is 0 Å². The van der Waals surface area contributed by atoms with E-state index in [1.165, 1.54) is 0 Å². The molecule has 1 saturated heterocycles. The largest absolute Gasteiger partial charge is 0.468 e. The quantitative estimate of drug-likeness (QED) is 0.726. The van der Waals surface area contributed by atoms with Crippen LogP contribution in [0.3, 0.4) is 0 Å². The molecule has 0 aliphatic carbocycles. The van der Waals surface area contributed by atoms with E-state index in [4.69, 9.17) is 9.15 Å². The van der Waals surface area contributed by atoms with Crippen molar-refractivity contribution in [2.24, 2.45) is 5.41 Å². The van der Waals surface area contributed by atoms with Gasteiger partial charge in [0.1, 0.15) is 12.0 Å². The SMILES string of the molecule is CCN(Cc1ccco1)CC1(C=O)CCOCC1. The predicted octanol–water partition coefficient (Wildman–Crippen LogP) is 2.10. The molecule has 4 heteroatoms. The summed E-state index contributed by atoms with van der Waals surface area (Å²) in [6.45, 7) is 5.96. The molecule has 1 fully saturated rings. The van der Waals surface area contributed by atoms with Crippen molar-refractivity contribution in [1.29, 1.82) is 0 Å². The molecule has 0 radical (unpaired) electrons. The highest BCUT2D eigenvalue weighted by Crippen LogP contribution is 2.29. The molecular formula is C14H21NO3. The number of rotatable bonds is 6. The number of hydrogen-bond donors (Lipinski definition) is 0. The molecule has 0 atom stereocenters. The van der Waals surface area contributed by atoms with Crippen LogP contribution in [0.4, 0.5) is 0 Å². The normalized spacial score (nSPS) is 19.0. The second kappa shape index (κ2) is 6.16. The molecule has 1 aliphatic rings. The van der Waals surface area contributed by atoms with E-state index in [0.717, 1.165) is 44.5 Å². The lowest BCUT2D eigenvalue weighted by Crippen LogP contribution is -2.42. The summed E-state index contributed by atoms with van der Waals surface area (Å²) in [6, 6.07) is 3.87. The smallest absolute Gasteiger partial charge is 0.127 e. The van der Waals surface area contributed by atoms with Crippen LogP contribution in [-0.4, -0.2) is 37.5 Å². The first-order valence-electron chi connectivity index (χ1n) is 6.57. The molecule has 0 amide bonds. The molecular weight excluding hydrogens is 230 g/mol. The van der Waals surface area contributed by atoms with Gasteiger partial charge < -0.3 is 13.9 Å². The van der Waals surface area contributed by atoms with Crippen molar-refractivity contribution in [3.05, 3.63) is 24.2 Å². The maximum absolute atomic E-state index is 11.4. The molecule has 0 unspecified atom stereocenters. The van der Waals surface area contributed by atoms with Crippen LogP contribution in [0, 0.1) is 5.41 Å². The molecule has 0 saturated carbocycles. The molecule has 1 aromatic heterocycles. The summed E-state index contributed by atoms with van der Waals surface area (Å²) in [5, 5.41) is 0.